The molecule has 68 valence electrons. The SMILES string of the molecule is C(=C1\CCNC1)/C1CCCCC1. The Hall–Kier alpha value is -0.300. The summed E-state index contributed by atoms with van der Waals surface area (Å²) in [5, 5.41) is 3.39. The van der Waals surface area contributed by atoms with Crippen LogP contribution in [0.4, 0.5) is 0 Å². The highest BCUT2D eigenvalue weighted by molar-refractivity contribution is 5.10. The average molecular weight is 165 g/mol. The summed E-state index contributed by atoms with van der Waals surface area (Å²) in [4.78, 5) is 0. The Morgan fingerprint density at radius 3 is 2.67 bits per heavy atom. The van der Waals surface area contributed by atoms with Crippen molar-refractivity contribution >= 4 is 0 Å². The van der Waals surface area contributed by atoms with E-state index in [4.69, 9.17) is 0 Å². The molecule has 1 aliphatic carbocycles. The summed E-state index contributed by atoms with van der Waals surface area (Å²) >= 11 is 0. The van der Waals surface area contributed by atoms with Gasteiger partial charge in [0.05, 0.1) is 0 Å². The van der Waals surface area contributed by atoms with E-state index in [0.29, 0.717) is 0 Å². The van der Waals surface area contributed by atoms with E-state index < -0.39 is 0 Å². The second kappa shape index (κ2) is 4.08. The Kier molecular flexibility index (Phi) is 2.83. The van der Waals surface area contributed by atoms with Gasteiger partial charge in [0.2, 0.25) is 0 Å². The van der Waals surface area contributed by atoms with Crippen LogP contribution in [0.25, 0.3) is 0 Å². The summed E-state index contributed by atoms with van der Waals surface area (Å²) < 4.78 is 0. The van der Waals surface area contributed by atoms with Gasteiger partial charge in [0.1, 0.15) is 0 Å². The molecule has 12 heavy (non-hydrogen) atoms. The van der Waals surface area contributed by atoms with Gasteiger partial charge >= 0.3 is 0 Å². The predicted octanol–water partition coefficient (Wildman–Crippen LogP) is 2.49. The molecule has 2 fully saturated rings. The molecule has 2 aliphatic rings. The van der Waals surface area contributed by atoms with E-state index in [1.807, 2.05) is 0 Å². The molecule has 0 aromatic heterocycles. The minimum absolute atomic E-state index is 0.925. The fraction of sp³-hybridized carbons (Fsp3) is 0.818. The number of rotatable bonds is 1. The van der Waals surface area contributed by atoms with Crippen LogP contribution in [-0.4, -0.2) is 13.1 Å². The van der Waals surface area contributed by atoms with E-state index in [-0.39, 0.29) is 0 Å². The van der Waals surface area contributed by atoms with Crippen LogP contribution in [0.5, 0.6) is 0 Å². The molecule has 1 saturated carbocycles. The van der Waals surface area contributed by atoms with Crippen molar-refractivity contribution in [2.45, 2.75) is 38.5 Å². The standard InChI is InChI=1S/C11H19N/c1-2-4-10(5-3-1)8-11-6-7-12-9-11/h8,10,12H,1-7,9H2/b11-8-. The highest BCUT2D eigenvalue weighted by Crippen LogP contribution is 2.26. The van der Waals surface area contributed by atoms with Gasteiger partial charge in [-0.15, -0.1) is 0 Å². The Balaban J connectivity index is 1.86. The van der Waals surface area contributed by atoms with Gasteiger partial charge in [-0.25, -0.2) is 0 Å². The Morgan fingerprint density at radius 1 is 1.17 bits per heavy atom. The first kappa shape index (κ1) is 8.31. The third-order valence-electron chi connectivity index (χ3n) is 3.10. The summed E-state index contributed by atoms with van der Waals surface area (Å²) in [5.74, 6) is 0.925. The van der Waals surface area contributed by atoms with Crippen LogP contribution in [0.3, 0.4) is 0 Å². The zero-order valence-corrected chi connectivity index (χ0v) is 7.81. The van der Waals surface area contributed by atoms with Gasteiger partial charge in [-0.1, -0.05) is 30.9 Å². The van der Waals surface area contributed by atoms with Crippen molar-refractivity contribution < 1.29 is 0 Å². The molecule has 1 nitrogen and oxygen atoms in total. The molecule has 0 spiro atoms. The van der Waals surface area contributed by atoms with Crippen molar-refractivity contribution in [1.82, 2.24) is 5.32 Å². The zero-order chi connectivity index (χ0) is 8.23. The van der Waals surface area contributed by atoms with Crippen LogP contribution in [0.2, 0.25) is 0 Å². The minimum atomic E-state index is 0.925. The second-order valence-corrected chi connectivity index (χ2v) is 4.15. The van der Waals surface area contributed by atoms with Gasteiger partial charge in [0, 0.05) is 6.54 Å². The first-order chi connectivity index (χ1) is 5.95. The second-order valence-electron chi connectivity index (χ2n) is 4.15. The molecule has 0 bridgehead atoms. The molecular formula is C11H19N. The predicted molar refractivity (Wildman–Crippen MR) is 52.1 cm³/mol. The lowest BCUT2D eigenvalue weighted by Crippen LogP contribution is -2.07. The normalized spacial score (nSPS) is 29.8. The third-order valence-corrected chi connectivity index (χ3v) is 3.10. The topological polar surface area (TPSA) is 12.0 Å². The van der Waals surface area contributed by atoms with Crippen LogP contribution in [0, 0.1) is 5.92 Å². The zero-order valence-electron chi connectivity index (χ0n) is 7.81. The fourth-order valence-corrected chi connectivity index (χ4v) is 2.36. The van der Waals surface area contributed by atoms with Gasteiger partial charge in [-0.3, -0.25) is 0 Å². The van der Waals surface area contributed by atoms with Crippen molar-refractivity contribution in [3.8, 4) is 0 Å². The fourth-order valence-electron chi connectivity index (χ4n) is 2.36. The molecule has 0 atom stereocenters. The number of hydrogen-bond donors (Lipinski definition) is 1. The Morgan fingerprint density at radius 2 is 2.00 bits per heavy atom. The molecule has 0 unspecified atom stereocenters. The summed E-state index contributed by atoms with van der Waals surface area (Å²) in [6.45, 7) is 2.37. The average Bonchev–Trinajstić information content (AvgIpc) is 2.59. The summed E-state index contributed by atoms with van der Waals surface area (Å²) in [5.41, 5.74) is 1.67. The van der Waals surface area contributed by atoms with E-state index in [1.54, 1.807) is 5.57 Å². The number of allylic oxidation sites excluding steroid dienone is 1. The lowest BCUT2D eigenvalue weighted by atomic mass is 9.88. The van der Waals surface area contributed by atoms with Crippen LogP contribution < -0.4 is 5.32 Å². The summed E-state index contributed by atoms with van der Waals surface area (Å²) in [6, 6.07) is 0. The van der Waals surface area contributed by atoms with Crippen LogP contribution >= 0.6 is 0 Å². The van der Waals surface area contributed by atoms with Crippen molar-refractivity contribution in [3.63, 3.8) is 0 Å². The van der Waals surface area contributed by atoms with E-state index >= 15 is 0 Å². The van der Waals surface area contributed by atoms with Crippen molar-refractivity contribution in [1.29, 1.82) is 0 Å². The molecule has 0 aromatic carbocycles. The highest BCUT2D eigenvalue weighted by Gasteiger charge is 2.13. The van der Waals surface area contributed by atoms with Gasteiger partial charge in [0.15, 0.2) is 0 Å². The van der Waals surface area contributed by atoms with Crippen molar-refractivity contribution in [2.75, 3.05) is 13.1 Å². The number of nitrogens with one attached hydrogen (secondary N) is 1. The van der Waals surface area contributed by atoms with Gasteiger partial charge in [-0.2, -0.15) is 0 Å². The lowest BCUT2D eigenvalue weighted by Gasteiger charge is -2.18. The molecule has 0 aromatic rings. The molecule has 1 heterocycles. The van der Waals surface area contributed by atoms with Gasteiger partial charge in [-0.05, 0) is 31.7 Å². The maximum absolute atomic E-state index is 3.39. The first-order valence-corrected chi connectivity index (χ1v) is 5.35. The van der Waals surface area contributed by atoms with E-state index in [2.05, 4.69) is 11.4 Å². The molecule has 1 aliphatic heterocycles. The quantitative estimate of drug-likeness (QED) is 0.589. The molecule has 1 N–H and O–H groups in total. The van der Waals surface area contributed by atoms with Crippen LogP contribution in [0.15, 0.2) is 11.6 Å². The van der Waals surface area contributed by atoms with Crippen LogP contribution in [0.1, 0.15) is 38.5 Å². The highest BCUT2D eigenvalue weighted by atomic mass is 14.9. The van der Waals surface area contributed by atoms with E-state index in [9.17, 15) is 0 Å². The molecule has 1 saturated heterocycles. The lowest BCUT2D eigenvalue weighted by molar-refractivity contribution is 0.417. The minimum Gasteiger partial charge on any atom is -0.313 e. The summed E-state index contributed by atoms with van der Waals surface area (Å²) in [6.07, 6.45) is 11.1. The first-order valence-electron chi connectivity index (χ1n) is 5.35. The Bertz CT molecular complexity index is 158. The van der Waals surface area contributed by atoms with E-state index in [1.165, 1.54) is 45.1 Å². The maximum atomic E-state index is 3.39. The largest absolute Gasteiger partial charge is 0.313 e. The molecule has 0 radical (unpaired) electrons. The van der Waals surface area contributed by atoms with Crippen molar-refractivity contribution in [3.05, 3.63) is 11.6 Å². The molecule has 1 heteroatoms. The number of hydrogen-bond acceptors (Lipinski definition) is 1. The summed E-state index contributed by atoms with van der Waals surface area (Å²) in [7, 11) is 0. The maximum Gasteiger partial charge on any atom is 0.0165 e. The van der Waals surface area contributed by atoms with E-state index in [0.717, 1.165) is 12.5 Å². The van der Waals surface area contributed by atoms with Gasteiger partial charge < -0.3 is 5.32 Å². The van der Waals surface area contributed by atoms with Gasteiger partial charge in [0.25, 0.3) is 0 Å². The van der Waals surface area contributed by atoms with Crippen LogP contribution in [-0.2, 0) is 0 Å². The smallest absolute Gasteiger partial charge is 0.0165 e. The molecule has 2 rings (SSSR count). The molecular weight excluding hydrogens is 146 g/mol. The third kappa shape index (κ3) is 2.10. The monoisotopic (exact) mass is 165 g/mol. The Labute approximate surface area is 75.2 Å². The van der Waals surface area contributed by atoms with Crippen molar-refractivity contribution in [2.24, 2.45) is 5.92 Å². The molecule has 0 amide bonds.